The fourth-order valence-corrected chi connectivity index (χ4v) is 1.11. The predicted octanol–water partition coefficient (Wildman–Crippen LogP) is 2.51. The van der Waals surface area contributed by atoms with Crippen LogP contribution in [0.5, 0.6) is 0 Å². The number of allylic oxidation sites excluding steroid dienone is 1. The van der Waals surface area contributed by atoms with Gasteiger partial charge in [0.15, 0.2) is 0 Å². The molecule has 0 aromatic rings. The molecule has 1 radical (unpaired) electrons. The van der Waals surface area contributed by atoms with Crippen molar-refractivity contribution >= 4 is 29.6 Å². The van der Waals surface area contributed by atoms with Crippen LogP contribution in [0.1, 0.15) is 44.9 Å². The first-order valence-corrected chi connectivity index (χ1v) is 4.63. The van der Waals surface area contributed by atoms with Gasteiger partial charge in [0.05, 0.1) is 0 Å². The smallest absolute Gasteiger partial charge is 0.0431 e. The quantitative estimate of drug-likeness (QED) is 0.345. The number of hydrogen-bond donors (Lipinski definition) is 1. The van der Waals surface area contributed by atoms with Gasteiger partial charge in [0.25, 0.3) is 0 Å². The van der Waals surface area contributed by atoms with Crippen molar-refractivity contribution in [1.29, 1.82) is 0 Å². The van der Waals surface area contributed by atoms with E-state index in [1.54, 1.807) is 0 Å². The van der Waals surface area contributed by atoms with E-state index in [-0.39, 0.29) is 29.6 Å². The van der Waals surface area contributed by atoms with Crippen molar-refractivity contribution in [3.8, 4) is 0 Å². The van der Waals surface area contributed by atoms with Gasteiger partial charge in [-0.05, 0) is 19.3 Å². The molecule has 0 aromatic heterocycles. The van der Waals surface area contributed by atoms with Crippen LogP contribution in [0.2, 0.25) is 0 Å². The molecule has 0 spiro atoms. The molecule has 12 heavy (non-hydrogen) atoms. The Morgan fingerprint density at radius 1 is 0.917 bits per heavy atom. The molecule has 0 aliphatic rings. The fraction of sp³-hybridized carbons (Fsp3) is 0.800. The molecule has 0 fully saturated rings. The van der Waals surface area contributed by atoms with E-state index in [2.05, 4.69) is 6.58 Å². The van der Waals surface area contributed by atoms with Gasteiger partial charge in [-0.15, -0.1) is 6.58 Å². The number of rotatable bonds is 8. The molecule has 0 aromatic carbocycles. The SMILES string of the molecule is C=CCCCCCCCCO.[Na]. The summed E-state index contributed by atoms with van der Waals surface area (Å²) < 4.78 is 0. The van der Waals surface area contributed by atoms with Gasteiger partial charge in [-0.1, -0.05) is 31.8 Å². The zero-order valence-electron chi connectivity index (χ0n) is 8.39. The maximum Gasteiger partial charge on any atom is 0.0431 e. The molecule has 2 heteroatoms. The average Bonchev–Trinajstić information content (AvgIpc) is 2.03. The number of aliphatic hydroxyl groups excluding tert-OH is 1. The van der Waals surface area contributed by atoms with Crippen molar-refractivity contribution in [1.82, 2.24) is 0 Å². The predicted molar refractivity (Wildman–Crippen MR) is 55.4 cm³/mol. The third-order valence-electron chi connectivity index (χ3n) is 1.82. The van der Waals surface area contributed by atoms with Gasteiger partial charge in [0, 0.05) is 36.2 Å². The maximum absolute atomic E-state index is 8.49. The fourth-order valence-electron chi connectivity index (χ4n) is 1.11. The van der Waals surface area contributed by atoms with Crippen molar-refractivity contribution in [3.05, 3.63) is 12.7 Å². The van der Waals surface area contributed by atoms with Crippen LogP contribution in [0.25, 0.3) is 0 Å². The first-order valence-electron chi connectivity index (χ1n) is 4.63. The second-order valence-electron chi connectivity index (χ2n) is 2.92. The summed E-state index contributed by atoms with van der Waals surface area (Å²) in [5, 5.41) is 8.49. The molecule has 0 saturated heterocycles. The molecule has 0 rings (SSSR count). The van der Waals surface area contributed by atoms with E-state index in [1.807, 2.05) is 6.08 Å². The van der Waals surface area contributed by atoms with Crippen LogP contribution in [0.4, 0.5) is 0 Å². The zero-order chi connectivity index (χ0) is 8.36. The molecule has 1 N–H and O–H groups in total. The second kappa shape index (κ2) is 14.2. The standard InChI is InChI=1S/C10H20O.Na/c1-2-3-4-5-6-7-8-9-10-11;/h2,11H,1,3-10H2;. The topological polar surface area (TPSA) is 20.2 Å². The Bertz CT molecular complexity index is 83.9. The van der Waals surface area contributed by atoms with E-state index in [9.17, 15) is 0 Å². The average molecular weight is 179 g/mol. The Morgan fingerprint density at radius 2 is 1.42 bits per heavy atom. The van der Waals surface area contributed by atoms with Crippen LogP contribution in [-0.4, -0.2) is 41.3 Å². The molecule has 0 heterocycles. The summed E-state index contributed by atoms with van der Waals surface area (Å²) in [5.74, 6) is 0. The van der Waals surface area contributed by atoms with Crippen molar-refractivity contribution in [2.45, 2.75) is 44.9 Å². The van der Waals surface area contributed by atoms with Crippen molar-refractivity contribution < 1.29 is 5.11 Å². The van der Waals surface area contributed by atoms with Crippen LogP contribution >= 0.6 is 0 Å². The van der Waals surface area contributed by atoms with E-state index in [4.69, 9.17) is 5.11 Å². The summed E-state index contributed by atoms with van der Waals surface area (Å²) in [6.07, 6.45) is 10.5. The molecule has 0 amide bonds. The van der Waals surface area contributed by atoms with Gasteiger partial charge in [0.2, 0.25) is 0 Å². The van der Waals surface area contributed by atoms with Crippen molar-refractivity contribution in [3.63, 3.8) is 0 Å². The maximum atomic E-state index is 8.49. The summed E-state index contributed by atoms with van der Waals surface area (Å²) in [7, 11) is 0. The van der Waals surface area contributed by atoms with Gasteiger partial charge >= 0.3 is 0 Å². The third-order valence-corrected chi connectivity index (χ3v) is 1.82. The summed E-state index contributed by atoms with van der Waals surface area (Å²) in [6.45, 7) is 4.03. The largest absolute Gasteiger partial charge is 0.396 e. The summed E-state index contributed by atoms with van der Waals surface area (Å²) in [6, 6.07) is 0. The molecular weight excluding hydrogens is 159 g/mol. The molecule has 1 nitrogen and oxygen atoms in total. The Kier molecular flexibility index (Phi) is 18.0. The van der Waals surface area contributed by atoms with Crippen molar-refractivity contribution in [2.75, 3.05) is 6.61 Å². The van der Waals surface area contributed by atoms with Crippen LogP contribution in [0, 0.1) is 0 Å². The first kappa shape index (κ1) is 15.2. The number of aliphatic hydroxyl groups is 1. The van der Waals surface area contributed by atoms with Gasteiger partial charge in [-0.2, -0.15) is 0 Å². The second-order valence-corrected chi connectivity index (χ2v) is 2.92. The molecule has 67 valence electrons. The monoisotopic (exact) mass is 179 g/mol. The Labute approximate surface area is 98.5 Å². The first-order chi connectivity index (χ1) is 5.41. The van der Waals surface area contributed by atoms with Crippen LogP contribution in [0.3, 0.4) is 0 Å². The van der Waals surface area contributed by atoms with E-state index in [0.717, 1.165) is 12.8 Å². The Hall–Kier alpha value is 0.700. The molecule has 0 bridgehead atoms. The summed E-state index contributed by atoms with van der Waals surface area (Å²) in [4.78, 5) is 0. The summed E-state index contributed by atoms with van der Waals surface area (Å²) in [5.41, 5.74) is 0. The summed E-state index contributed by atoms with van der Waals surface area (Å²) >= 11 is 0. The van der Waals surface area contributed by atoms with Gasteiger partial charge in [-0.3, -0.25) is 0 Å². The van der Waals surface area contributed by atoms with E-state index < -0.39 is 0 Å². The van der Waals surface area contributed by atoms with E-state index in [0.29, 0.717) is 6.61 Å². The number of hydrogen-bond acceptors (Lipinski definition) is 1. The molecule has 0 aliphatic carbocycles. The van der Waals surface area contributed by atoms with Crippen LogP contribution in [-0.2, 0) is 0 Å². The van der Waals surface area contributed by atoms with Crippen molar-refractivity contribution in [2.24, 2.45) is 0 Å². The van der Waals surface area contributed by atoms with Crippen LogP contribution < -0.4 is 0 Å². The minimum Gasteiger partial charge on any atom is -0.396 e. The van der Waals surface area contributed by atoms with Gasteiger partial charge in [0.1, 0.15) is 0 Å². The number of unbranched alkanes of at least 4 members (excludes halogenated alkanes) is 6. The minimum absolute atomic E-state index is 0. The van der Waals surface area contributed by atoms with E-state index in [1.165, 1.54) is 32.1 Å². The molecular formula is C10H20NaO. The Morgan fingerprint density at radius 3 is 1.92 bits per heavy atom. The Balaban J connectivity index is 0. The molecule has 0 atom stereocenters. The molecule has 0 aliphatic heterocycles. The minimum atomic E-state index is 0. The van der Waals surface area contributed by atoms with E-state index >= 15 is 0 Å². The van der Waals surface area contributed by atoms with Gasteiger partial charge < -0.3 is 5.11 Å². The van der Waals surface area contributed by atoms with Gasteiger partial charge in [-0.25, -0.2) is 0 Å². The zero-order valence-corrected chi connectivity index (χ0v) is 10.4. The normalized spacial score (nSPS) is 9.08. The van der Waals surface area contributed by atoms with Crippen LogP contribution in [0.15, 0.2) is 12.7 Å². The molecule has 0 saturated carbocycles. The molecule has 0 unspecified atom stereocenters. The third kappa shape index (κ3) is 13.3.